The Labute approximate surface area is 123 Å². The van der Waals surface area contributed by atoms with Gasteiger partial charge in [-0.2, -0.15) is 0 Å². The van der Waals surface area contributed by atoms with E-state index in [9.17, 15) is 9.59 Å². The standard InChI is InChI=1S/C12H18N2O3S.ClH/c1-9-4-6-18-10(9)7-13-11(15)8-14(2)5-3-12(16)17;/h4,6H,3,5,7-8H2,1-2H3,(H,13,15)(H,16,17);1H. The van der Waals surface area contributed by atoms with Gasteiger partial charge in [-0.15, -0.1) is 23.7 Å². The van der Waals surface area contributed by atoms with Crippen molar-refractivity contribution < 1.29 is 14.7 Å². The van der Waals surface area contributed by atoms with E-state index in [4.69, 9.17) is 5.11 Å². The van der Waals surface area contributed by atoms with Crippen molar-refractivity contribution in [3.63, 3.8) is 0 Å². The Balaban J connectivity index is 0.00000324. The van der Waals surface area contributed by atoms with Crippen LogP contribution in [0.15, 0.2) is 11.4 Å². The zero-order valence-corrected chi connectivity index (χ0v) is 12.6. The largest absolute Gasteiger partial charge is 0.481 e. The molecule has 108 valence electrons. The number of carbonyl (C=O) groups is 2. The van der Waals surface area contributed by atoms with Crippen molar-refractivity contribution in [2.45, 2.75) is 19.9 Å². The van der Waals surface area contributed by atoms with Crippen LogP contribution in [-0.2, 0) is 16.1 Å². The second-order valence-corrected chi connectivity index (χ2v) is 5.19. The minimum atomic E-state index is -0.850. The minimum absolute atomic E-state index is 0. The highest BCUT2D eigenvalue weighted by Crippen LogP contribution is 2.14. The number of amides is 1. The van der Waals surface area contributed by atoms with Gasteiger partial charge in [-0.3, -0.25) is 14.5 Å². The molecule has 1 heterocycles. The molecule has 0 fully saturated rings. The summed E-state index contributed by atoms with van der Waals surface area (Å²) in [4.78, 5) is 24.8. The van der Waals surface area contributed by atoms with Crippen LogP contribution in [0.5, 0.6) is 0 Å². The molecular weight excluding hydrogens is 288 g/mol. The van der Waals surface area contributed by atoms with E-state index < -0.39 is 5.97 Å². The molecule has 0 unspecified atom stereocenters. The van der Waals surface area contributed by atoms with E-state index in [2.05, 4.69) is 5.32 Å². The molecule has 0 aromatic carbocycles. The van der Waals surface area contributed by atoms with Crippen LogP contribution in [0, 0.1) is 6.92 Å². The average Bonchev–Trinajstić information content (AvgIpc) is 2.69. The molecule has 7 heteroatoms. The van der Waals surface area contributed by atoms with Crippen molar-refractivity contribution in [3.8, 4) is 0 Å². The van der Waals surface area contributed by atoms with Crippen LogP contribution >= 0.6 is 23.7 Å². The molecule has 0 aliphatic heterocycles. The monoisotopic (exact) mass is 306 g/mol. The van der Waals surface area contributed by atoms with Crippen molar-refractivity contribution in [1.29, 1.82) is 0 Å². The maximum Gasteiger partial charge on any atom is 0.304 e. The van der Waals surface area contributed by atoms with E-state index in [-0.39, 0.29) is 31.3 Å². The number of aliphatic carboxylic acids is 1. The van der Waals surface area contributed by atoms with Gasteiger partial charge in [0, 0.05) is 11.4 Å². The molecule has 1 aromatic rings. The fourth-order valence-electron chi connectivity index (χ4n) is 1.43. The lowest BCUT2D eigenvalue weighted by Gasteiger charge is -2.14. The molecule has 1 amide bonds. The van der Waals surface area contributed by atoms with Gasteiger partial charge in [0.25, 0.3) is 0 Å². The van der Waals surface area contributed by atoms with Gasteiger partial charge in [-0.1, -0.05) is 0 Å². The molecule has 0 aliphatic rings. The van der Waals surface area contributed by atoms with E-state index in [1.807, 2.05) is 18.4 Å². The summed E-state index contributed by atoms with van der Waals surface area (Å²) in [7, 11) is 1.74. The Morgan fingerprint density at radius 2 is 2.16 bits per heavy atom. The summed E-state index contributed by atoms with van der Waals surface area (Å²) in [6.45, 7) is 3.14. The van der Waals surface area contributed by atoms with Gasteiger partial charge in [-0.05, 0) is 31.0 Å². The number of nitrogens with one attached hydrogen (secondary N) is 1. The zero-order chi connectivity index (χ0) is 13.5. The van der Waals surface area contributed by atoms with E-state index in [0.717, 1.165) is 4.88 Å². The van der Waals surface area contributed by atoms with Crippen LogP contribution in [0.3, 0.4) is 0 Å². The highest BCUT2D eigenvalue weighted by molar-refractivity contribution is 7.10. The van der Waals surface area contributed by atoms with Crippen molar-refractivity contribution in [3.05, 3.63) is 21.9 Å². The molecule has 0 radical (unpaired) electrons. The van der Waals surface area contributed by atoms with Crippen molar-refractivity contribution in [2.75, 3.05) is 20.1 Å². The summed E-state index contributed by atoms with van der Waals surface area (Å²) in [6, 6.07) is 2.02. The maximum absolute atomic E-state index is 11.6. The Hall–Kier alpha value is -1.11. The van der Waals surface area contributed by atoms with Gasteiger partial charge in [0.15, 0.2) is 0 Å². The summed E-state index contributed by atoms with van der Waals surface area (Å²) in [6.07, 6.45) is 0.0494. The fraction of sp³-hybridized carbons (Fsp3) is 0.500. The topological polar surface area (TPSA) is 69.6 Å². The van der Waals surface area contributed by atoms with E-state index in [1.54, 1.807) is 23.3 Å². The number of rotatable bonds is 7. The third-order valence-electron chi connectivity index (χ3n) is 2.54. The number of likely N-dealkylation sites (N-methyl/N-ethyl adjacent to an activating group) is 1. The summed E-state index contributed by atoms with van der Waals surface area (Å²) in [5, 5.41) is 13.4. The van der Waals surface area contributed by atoms with Crippen LogP contribution in [0.4, 0.5) is 0 Å². The van der Waals surface area contributed by atoms with Crippen LogP contribution in [-0.4, -0.2) is 42.0 Å². The van der Waals surface area contributed by atoms with Crippen LogP contribution in [0.2, 0.25) is 0 Å². The average molecular weight is 307 g/mol. The van der Waals surface area contributed by atoms with Gasteiger partial charge in [0.05, 0.1) is 19.5 Å². The number of carboxylic acids is 1. The lowest BCUT2D eigenvalue weighted by Crippen LogP contribution is -2.35. The molecular formula is C12H19ClN2O3S. The number of nitrogens with zero attached hydrogens (tertiary/aromatic N) is 1. The molecule has 0 saturated heterocycles. The van der Waals surface area contributed by atoms with E-state index >= 15 is 0 Å². The first-order valence-corrected chi connectivity index (χ1v) is 6.57. The third kappa shape index (κ3) is 7.15. The Bertz CT molecular complexity index is 423. The minimum Gasteiger partial charge on any atom is -0.481 e. The smallest absolute Gasteiger partial charge is 0.304 e. The molecule has 0 saturated carbocycles. The molecule has 19 heavy (non-hydrogen) atoms. The molecule has 0 spiro atoms. The molecule has 0 aliphatic carbocycles. The molecule has 5 nitrogen and oxygen atoms in total. The predicted octanol–water partition coefficient (Wildman–Crippen LogP) is 1.50. The second kappa shape index (κ2) is 8.90. The summed E-state index contributed by atoms with van der Waals surface area (Å²) in [5.41, 5.74) is 1.18. The lowest BCUT2D eigenvalue weighted by atomic mass is 10.3. The first-order valence-electron chi connectivity index (χ1n) is 5.69. The fourth-order valence-corrected chi connectivity index (χ4v) is 2.28. The number of aryl methyl sites for hydroxylation is 1. The van der Waals surface area contributed by atoms with Crippen molar-refractivity contribution >= 4 is 35.6 Å². The molecule has 0 atom stereocenters. The quantitative estimate of drug-likeness (QED) is 0.801. The van der Waals surface area contributed by atoms with Crippen LogP contribution in [0.25, 0.3) is 0 Å². The summed E-state index contributed by atoms with van der Waals surface area (Å²) >= 11 is 1.62. The van der Waals surface area contributed by atoms with Crippen LogP contribution < -0.4 is 5.32 Å². The lowest BCUT2D eigenvalue weighted by molar-refractivity contribution is -0.137. The highest BCUT2D eigenvalue weighted by atomic mass is 35.5. The second-order valence-electron chi connectivity index (χ2n) is 4.19. The number of halogens is 1. The first kappa shape index (κ1) is 17.9. The highest BCUT2D eigenvalue weighted by Gasteiger charge is 2.08. The molecule has 0 bridgehead atoms. The normalized spacial score (nSPS) is 10.1. The number of carboxylic acid groups (broad SMARTS) is 1. The van der Waals surface area contributed by atoms with Crippen LogP contribution in [0.1, 0.15) is 16.9 Å². The molecule has 1 rings (SSSR count). The molecule has 2 N–H and O–H groups in total. The Kier molecular flexibility index (Phi) is 8.38. The number of carbonyl (C=O) groups excluding carboxylic acids is 1. The van der Waals surface area contributed by atoms with Crippen molar-refractivity contribution in [1.82, 2.24) is 10.2 Å². The van der Waals surface area contributed by atoms with Gasteiger partial charge < -0.3 is 10.4 Å². The van der Waals surface area contributed by atoms with Crippen molar-refractivity contribution in [2.24, 2.45) is 0 Å². The maximum atomic E-state index is 11.6. The number of thiophene rings is 1. The van der Waals surface area contributed by atoms with Gasteiger partial charge in [-0.25, -0.2) is 0 Å². The Morgan fingerprint density at radius 3 is 2.68 bits per heavy atom. The number of hydrogen-bond donors (Lipinski definition) is 2. The van der Waals surface area contributed by atoms with Gasteiger partial charge >= 0.3 is 5.97 Å². The Morgan fingerprint density at radius 1 is 1.47 bits per heavy atom. The van der Waals surface area contributed by atoms with Gasteiger partial charge in [0.2, 0.25) is 5.91 Å². The summed E-state index contributed by atoms with van der Waals surface area (Å²) < 4.78 is 0. The van der Waals surface area contributed by atoms with E-state index in [1.165, 1.54) is 5.56 Å². The first-order chi connectivity index (χ1) is 8.49. The predicted molar refractivity (Wildman–Crippen MR) is 77.9 cm³/mol. The molecule has 1 aromatic heterocycles. The number of hydrogen-bond acceptors (Lipinski definition) is 4. The van der Waals surface area contributed by atoms with Gasteiger partial charge in [0.1, 0.15) is 0 Å². The SMILES string of the molecule is Cc1ccsc1CNC(=O)CN(C)CCC(=O)O.Cl. The zero-order valence-electron chi connectivity index (χ0n) is 11.0. The summed E-state index contributed by atoms with van der Waals surface area (Å²) in [5.74, 6) is -0.938. The van der Waals surface area contributed by atoms with E-state index in [0.29, 0.717) is 13.1 Å². The third-order valence-corrected chi connectivity index (χ3v) is 3.56.